The van der Waals surface area contributed by atoms with Crippen molar-refractivity contribution in [1.29, 1.82) is 0 Å². The Morgan fingerprint density at radius 2 is 2.24 bits per heavy atom. The zero-order valence-corrected chi connectivity index (χ0v) is 10.1. The number of carboxylic acids is 1. The topological polar surface area (TPSA) is 65.0 Å². The van der Waals surface area contributed by atoms with Crippen LogP contribution in [-0.2, 0) is 0 Å². The molecular formula is C11H11ClO5. The number of carbonyl (C=O) groups is 1. The molecule has 0 fully saturated rings. The highest BCUT2D eigenvalue weighted by atomic mass is 35.5. The Morgan fingerprint density at radius 3 is 2.82 bits per heavy atom. The first-order valence-corrected chi connectivity index (χ1v) is 5.40. The van der Waals surface area contributed by atoms with Crippen LogP contribution >= 0.6 is 11.6 Å². The number of carboxylic acid groups (broad SMARTS) is 1. The Bertz CT molecular complexity index is 469. The maximum absolute atomic E-state index is 11.0. The Balaban J connectivity index is 2.58. The molecule has 1 aliphatic rings. The Kier molecular flexibility index (Phi) is 3.02. The van der Waals surface area contributed by atoms with Gasteiger partial charge in [0.1, 0.15) is 5.02 Å². The third-order valence-corrected chi connectivity index (χ3v) is 2.52. The maximum Gasteiger partial charge on any atom is 0.337 e. The average Bonchev–Trinajstić information content (AvgIpc) is 2.68. The molecule has 0 aliphatic carbocycles. The summed E-state index contributed by atoms with van der Waals surface area (Å²) in [6.45, 7) is 3.65. The number of hydrogen-bond donors (Lipinski definition) is 1. The van der Waals surface area contributed by atoms with Gasteiger partial charge in [0.25, 0.3) is 0 Å². The van der Waals surface area contributed by atoms with E-state index in [0.29, 0.717) is 11.5 Å². The van der Waals surface area contributed by atoms with Gasteiger partial charge >= 0.3 is 5.97 Å². The zero-order chi connectivity index (χ0) is 12.6. The van der Waals surface area contributed by atoms with Gasteiger partial charge in [0.2, 0.25) is 12.5 Å². The molecule has 1 heterocycles. The Labute approximate surface area is 103 Å². The molecule has 0 bridgehead atoms. The van der Waals surface area contributed by atoms with E-state index < -0.39 is 5.97 Å². The molecule has 2 rings (SSSR count). The molecule has 1 aliphatic heterocycles. The van der Waals surface area contributed by atoms with Crippen LogP contribution in [0.5, 0.6) is 17.2 Å². The molecule has 17 heavy (non-hydrogen) atoms. The van der Waals surface area contributed by atoms with Crippen molar-refractivity contribution >= 4 is 17.6 Å². The van der Waals surface area contributed by atoms with Crippen LogP contribution in [0.3, 0.4) is 0 Å². The first kappa shape index (κ1) is 11.9. The van der Waals surface area contributed by atoms with Crippen LogP contribution in [0.2, 0.25) is 5.02 Å². The van der Waals surface area contributed by atoms with Gasteiger partial charge in [0.05, 0.1) is 11.7 Å². The third-order valence-electron chi connectivity index (χ3n) is 2.14. The van der Waals surface area contributed by atoms with Gasteiger partial charge in [-0.15, -0.1) is 0 Å². The second-order valence-corrected chi connectivity index (χ2v) is 4.15. The highest BCUT2D eigenvalue weighted by Gasteiger charge is 2.27. The van der Waals surface area contributed by atoms with E-state index in [-0.39, 0.29) is 29.2 Å². The van der Waals surface area contributed by atoms with E-state index >= 15 is 0 Å². The van der Waals surface area contributed by atoms with Crippen molar-refractivity contribution in [1.82, 2.24) is 0 Å². The van der Waals surface area contributed by atoms with E-state index in [2.05, 4.69) is 0 Å². The molecular weight excluding hydrogens is 248 g/mol. The minimum Gasteiger partial charge on any atom is -0.485 e. The molecule has 0 unspecified atom stereocenters. The quantitative estimate of drug-likeness (QED) is 0.903. The fourth-order valence-corrected chi connectivity index (χ4v) is 1.75. The second-order valence-electron chi connectivity index (χ2n) is 3.77. The highest BCUT2D eigenvalue weighted by Crippen LogP contribution is 2.47. The predicted octanol–water partition coefficient (Wildman–Crippen LogP) is 2.55. The van der Waals surface area contributed by atoms with Crippen molar-refractivity contribution in [3.05, 3.63) is 16.7 Å². The summed E-state index contributed by atoms with van der Waals surface area (Å²) in [6, 6.07) is 1.33. The minimum absolute atomic E-state index is 0.0236. The lowest BCUT2D eigenvalue weighted by Crippen LogP contribution is -2.08. The number of fused-ring (bicyclic) bond motifs is 1. The lowest BCUT2D eigenvalue weighted by Gasteiger charge is -2.14. The number of rotatable bonds is 3. The van der Waals surface area contributed by atoms with E-state index in [9.17, 15) is 4.79 Å². The maximum atomic E-state index is 11.0. The highest BCUT2D eigenvalue weighted by molar-refractivity contribution is 6.35. The molecule has 0 spiro atoms. The molecule has 0 aromatic heterocycles. The normalized spacial score (nSPS) is 12.9. The van der Waals surface area contributed by atoms with Crippen LogP contribution in [0.25, 0.3) is 0 Å². The molecule has 1 aromatic rings. The summed E-state index contributed by atoms with van der Waals surface area (Å²) in [7, 11) is 0. The fraction of sp³-hybridized carbons (Fsp3) is 0.364. The second kappa shape index (κ2) is 4.33. The van der Waals surface area contributed by atoms with Crippen LogP contribution in [0, 0.1) is 0 Å². The summed E-state index contributed by atoms with van der Waals surface area (Å²) < 4.78 is 15.8. The van der Waals surface area contributed by atoms with E-state index in [1.807, 2.05) is 13.8 Å². The molecule has 0 atom stereocenters. The van der Waals surface area contributed by atoms with Gasteiger partial charge in [-0.1, -0.05) is 11.6 Å². The van der Waals surface area contributed by atoms with Crippen molar-refractivity contribution in [2.24, 2.45) is 0 Å². The summed E-state index contributed by atoms with van der Waals surface area (Å²) in [6.07, 6.45) is -0.148. The molecule has 5 nitrogen and oxygen atoms in total. The van der Waals surface area contributed by atoms with E-state index in [0.717, 1.165) is 0 Å². The number of ether oxygens (including phenoxy) is 3. The zero-order valence-electron chi connectivity index (χ0n) is 9.32. The van der Waals surface area contributed by atoms with Crippen molar-refractivity contribution in [2.45, 2.75) is 20.0 Å². The first-order valence-electron chi connectivity index (χ1n) is 5.02. The van der Waals surface area contributed by atoms with Gasteiger partial charge in [0.15, 0.2) is 11.5 Å². The minimum atomic E-state index is -1.14. The van der Waals surface area contributed by atoms with Gasteiger partial charge in [-0.3, -0.25) is 0 Å². The summed E-state index contributed by atoms with van der Waals surface area (Å²) >= 11 is 5.99. The van der Waals surface area contributed by atoms with Crippen LogP contribution < -0.4 is 14.2 Å². The summed E-state index contributed by atoms with van der Waals surface area (Å²) in [4.78, 5) is 11.0. The average molecular weight is 259 g/mol. The third kappa shape index (κ3) is 2.10. The standard InChI is InChI=1S/C11H11ClO5/c1-5(2)17-10-8(12)6(11(13)14)3-7-9(10)16-4-15-7/h3,5H,4H2,1-2H3,(H,13,14). The number of halogens is 1. The van der Waals surface area contributed by atoms with E-state index in [4.69, 9.17) is 30.9 Å². The van der Waals surface area contributed by atoms with Crippen LogP contribution in [0.1, 0.15) is 24.2 Å². The SMILES string of the molecule is CC(C)Oc1c(Cl)c(C(=O)O)cc2c1OCO2. The molecule has 0 amide bonds. The van der Waals surface area contributed by atoms with E-state index in [1.54, 1.807) is 0 Å². The van der Waals surface area contributed by atoms with Gasteiger partial charge in [-0.25, -0.2) is 4.79 Å². The van der Waals surface area contributed by atoms with Gasteiger partial charge in [0, 0.05) is 6.07 Å². The monoisotopic (exact) mass is 258 g/mol. The number of aromatic carboxylic acids is 1. The lowest BCUT2D eigenvalue weighted by atomic mass is 10.2. The fourth-order valence-electron chi connectivity index (χ4n) is 1.49. The molecule has 1 aromatic carbocycles. The molecule has 0 saturated heterocycles. The summed E-state index contributed by atoms with van der Waals surface area (Å²) in [5.74, 6) is -0.230. The van der Waals surface area contributed by atoms with Crippen molar-refractivity contribution in [3.63, 3.8) is 0 Å². The smallest absolute Gasteiger partial charge is 0.337 e. The first-order chi connectivity index (χ1) is 8.00. The molecule has 1 N–H and O–H groups in total. The summed E-state index contributed by atoms with van der Waals surface area (Å²) in [5.41, 5.74) is -0.0634. The molecule has 92 valence electrons. The van der Waals surface area contributed by atoms with Gasteiger partial charge < -0.3 is 19.3 Å². The lowest BCUT2D eigenvalue weighted by molar-refractivity contribution is 0.0696. The molecule has 6 heteroatoms. The van der Waals surface area contributed by atoms with Crippen molar-refractivity contribution in [3.8, 4) is 17.2 Å². The Hall–Kier alpha value is -1.62. The number of benzene rings is 1. The van der Waals surface area contributed by atoms with Crippen LogP contribution in [-0.4, -0.2) is 24.0 Å². The van der Waals surface area contributed by atoms with Crippen LogP contribution in [0.15, 0.2) is 6.07 Å². The molecule has 0 saturated carbocycles. The van der Waals surface area contributed by atoms with Gasteiger partial charge in [-0.2, -0.15) is 0 Å². The summed E-state index contributed by atoms with van der Waals surface area (Å²) in [5, 5.41) is 9.04. The van der Waals surface area contributed by atoms with E-state index in [1.165, 1.54) is 6.07 Å². The number of hydrogen-bond acceptors (Lipinski definition) is 4. The van der Waals surface area contributed by atoms with Gasteiger partial charge in [-0.05, 0) is 13.8 Å². The van der Waals surface area contributed by atoms with Crippen molar-refractivity contribution < 1.29 is 24.1 Å². The van der Waals surface area contributed by atoms with Crippen LogP contribution in [0.4, 0.5) is 0 Å². The Morgan fingerprint density at radius 1 is 1.53 bits per heavy atom. The largest absolute Gasteiger partial charge is 0.485 e. The molecule has 0 radical (unpaired) electrons. The van der Waals surface area contributed by atoms with Crippen molar-refractivity contribution in [2.75, 3.05) is 6.79 Å². The predicted molar refractivity (Wildman–Crippen MR) is 60.3 cm³/mol.